The second-order valence-electron chi connectivity index (χ2n) is 7.21. The highest BCUT2D eigenvalue weighted by molar-refractivity contribution is 6.13. The molecule has 31 heavy (non-hydrogen) atoms. The summed E-state index contributed by atoms with van der Waals surface area (Å²) in [5, 5.41) is 20.5. The van der Waals surface area contributed by atoms with Crippen molar-refractivity contribution in [2.45, 2.75) is 33.2 Å². The van der Waals surface area contributed by atoms with E-state index in [0.29, 0.717) is 12.4 Å². The van der Waals surface area contributed by atoms with Crippen LogP contribution in [0.3, 0.4) is 0 Å². The predicted octanol–water partition coefficient (Wildman–Crippen LogP) is 4.19. The number of pyridine rings is 1. The molecule has 6 heteroatoms. The maximum absolute atomic E-state index is 13.5. The number of rotatable bonds is 8. The first kappa shape index (κ1) is 21.8. The van der Waals surface area contributed by atoms with Gasteiger partial charge in [-0.25, -0.2) is 0 Å². The van der Waals surface area contributed by atoms with Crippen LogP contribution in [0.2, 0.25) is 0 Å². The monoisotopic (exact) mass is 416 g/mol. The Morgan fingerprint density at radius 3 is 2.48 bits per heavy atom. The van der Waals surface area contributed by atoms with E-state index in [0.717, 1.165) is 23.0 Å². The van der Waals surface area contributed by atoms with E-state index >= 15 is 0 Å². The van der Waals surface area contributed by atoms with Gasteiger partial charge in [-0.1, -0.05) is 55.8 Å². The average molecular weight is 416 g/mol. The number of aromatic hydroxyl groups is 1. The Hall–Kier alpha value is -3.85. The van der Waals surface area contributed by atoms with Gasteiger partial charge in [-0.3, -0.25) is 14.2 Å². The molecule has 0 unspecified atom stereocenters. The van der Waals surface area contributed by atoms with Crippen LogP contribution < -0.4 is 10.3 Å². The maximum atomic E-state index is 13.5. The maximum Gasteiger partial charge on any atom is 0.271 e. The van der Waals surface area contributed by atoms with Gasteiger partial charge >= 0.3 is 0 Å². The van der Waals surface area contributed by atoms with Gasteiger partial charge in [0.15, 0.2) is 0 Å². The minimum absolute atomic E-state index is 0.0371. The smallest absolute Gasteiger partial charge is 0.271 e. The largest absolute Gasteiger partial charge is 0.494 e. The summed E-state index contributed by atoms with van der Waals surface area (Å²) in [6.45, 7) is 4.04. The predicted molar refractivity (Wildman–Crippen MR) is 118 cm³/mol. The Morgan fingerprint density at radius 2 is 1.81 bits per heavy atom. The van der Waals surface area contributed by atoms with Crippen LogP contribution in [0.25, 0.3) is 0 Å². The lowest BCUT2D eigenvalue weighted by atomic mass is 9.96. The number of nitrogens with zero attached hydrogens (tertiary/aromatic N) is 2. The van der Waals surface area contributed by atoms with E-state index < -0.39 is 17.2 Å². The Labute approximate surface area is 181 Å². The zero-order chi connectivity index (χ0) is 22.4. The number of ketones is 1. The molecule has 0 saturated heterocycles. The molecule has 158 valence electrons. The van der Waals surface area contributed by atoms with Gasteiger partial charge in [0.1, 0.15) is 17.4 Å². The third-order valence-corrected chi connectivity index (χ3v) is 5.10. The first-order valence-corrected chi connectivity index (χ1v) is 10.2. The van der Waals surface area contributed by atoms with Gasteiger partial charge < -0.3 is 9.84 Å². The van der Waals surface area contributed by atoms with Crippen molar-refractivity contribution >= 4 is 5.78 Å². The van der Waals surface area contributed by atoms with Crippen LogP contribution in [0.1, 0.15) is 52.4 Å². The van der Waals surface area contributed by atoms with E-state index in [4.69, 9.17) is 4.74 Å². The van der Waals surface area contributed by atoms with Crippen molar-refractivity contribution in [2.24, 2.45) is 0 Å². The molecule has 0 radical (unpaired) electrons. The number of para-hydroxylation sites is 1. The molecule has 2 aromatic carbocycles. The Balaban J connectivity index is 2.14. The summed E-state index contributed by atoms with van der Waals surface area (Å²) < 4.78 is 6.83. The number of aromatic nitrogens is 1. The van der Waals surface area contributed by atoms with Crippen molar-refractivity contribution in [3.8, 4) is 17.7 Å². The second kappa shape index (κ2) is 9.77. The van der Waals surface area contributed by atoms with Crippen molar-refractivity contribution in [2.75, 3.05) is 6.61 Å². The van der Waals surface area contributed by atoms with Crippen LogP contribution >= 0.6 is 0 Å². The van der Waals surface area contributed by atoms with Crippen molar-refractivity contribution in [1.82, 2.24) is 4.57 Å². The number of ether oxygens (including phenoxy) is 1. The molecule has 0 aliphatic heterocycles. The van der Waals surface area contributed by atoms with E-state index in [9.17, 15) is 20.0 Å². The molecular formula is C25H24N2O4. The standard InChI is InChI=1S/C25H24N2O4/c1-3-4-14-31-21-13-9-8-12-19(21)23(28)22-17(2)20(15-26)24(29)27(25(22)30)16-18-10-6-5-7-11-18/h5-13,30H,3-4,14,16H2,1-2H3. The number of carbonyl (C=O) groups is 1. The van der Waals surface area contributed by atoms with Gasteiger partial charge in [-0.2, -0.15) is 5.26 Å². The Morgan fingerprint density at radius 1 is 1.13 bits per heavy atom. The molecule has 3 aromatic rings. The zero-order valence-corrected chi connectivity index (χ0v) is 17.6. The fraction of sp³-hybridized carbons (Fsp3) is 0.240. The molecule has 0 atom stereocenters. The third-order valence-electron chi connectivity index (χ3n) is 5.10. The molecule has 3 rings (SSSR count). The van der Waals surface area contributed by atoms with Crippen LogP contribution in [0.4, 0.5) is 0 Å². The zero-order valence-electron chi connectivity index (χ0n) is 17.6. The van der Waals surface area contributed by atoms with E-state index in [1.165, 1.54) is 6.92 Å². The molecule has 1 aromatic heterocycles. The molecule has 0 fully saturated rings. The van der Waals surface area contributed by atoms with Crippen molar-refractivity contribution < 1.29 is 14.6 Å². The molecule has 0 spiro atoms. The summed E-state index contributed by atoms with van der Waals surface area (Å²) in [7, 11) is 0. The molecule has 1 N–H and O–H groups in total. The second-order valence-corrected chi connectivity index (χ2v) is 7.21. The van der Waals surface area contributed by atoms with Crippen molar-refractivity contribution in [3.63, 3.8) is 0 Å². The highest BCUT2D eigenvalue weighted by atomic mass is 16.5. The lowest BCUT2D eigenvalue weighted by molar-refractivity contribution is 0.103. The molecule has 1 heterocycles. The van der Waals surface area contributed by atoms with Gasteiger partial charge in [-0.05, 0) is 36.6 Å². The van der Waals surface area contributed by atoms with Gasteiger partial charge in [0, 0.05) is 0 Å². The van der Waals surface area contributed by atoms with Crippen LogP contribution in [0.5, 0.6) is 11.6 Å². The molecule has 0 bridgehead atoms. The summed E-state index contributed by atoms with van der Waals surface area (Å²) in [5.74, 6) is -0.557. The first-order valence-electron chi connectivity index (χ1n) is 10.2. The number of carbonyl (C=O) groups excluding carboxylic acids is 1. The fourth-order valence-corrected chi connectivity index (χ4v) is 3.38. The average Bonchev–Trinajstić information content (AvgIpc) is 2.78. The summed E-state index contributed by atoms with van der Waals surface area (Å²) in [4.78, 5) is 26.3. The Kier molecular flexibility index (Phi) is 6.88. The SMILES string of the molecule is CCCCOc1ccccc1C(=O)c1c(C)c(C#N)c(=O)n(Cc2ccccc2)c1O. The summed E-state index contributed by atoms with van der Waals surface area (Å²) in [6, 6.07) is 17.7. The number of hydrogen-bond acceptors (Lipinski definition) is 5. The summed E-state index contributed by atoms with van der Waals surface area (Å²) in [5.41, 5.74) is 0.313. The van der Waals surface area contributed by atoms with Gasteiger partial charge in [0.05, 0.1) is 24.3 Å². The van der Waals surface area contributed by atoms with Crippen molar-refractivity contribution in [1.29, 1.82) is 5.26 Å². The number of hydrogen-bond donors (Lipinski definition) is 1. The molecular weight excluding hydrogens is 392 g/mol. The first-order chi connectivity index (χ1) is 15.0. The number of nitriles is 1. The van der Waals surface area contributed by atoms with Crippen LogP contribution in [0.15, 0.2) is 59.4 Å². The molecule has 0 amide bonds. The van der Waals surface area contributed by atoms with Gasteiger partial charge in [0.2, 0.25) is 11.7 Å². The molecule has 0 saturated carbocycles. The van der Waals surface area contributed by atoms with Gasteiger partial charge in [0.25, 0.3) is 5.56 Å². The lowest BCUT2D eigenvalue weighted by Crippen LogP contribution is -2.27. The molecule has 0 aliphatic rings. The highest BCUT2D eigenvalue weighted by Gasteiger charge is 2.26. The highest BCUT2D eigenvalue weighted by Crippen LogP contribution is 2.29. The normalized spacial score (nSPS) is 10.5. The van der Waals surface area contributed by atoms with E-state index in [2.05, 4.69) is 0 Å². The van der Waals surface area contributed by atoms with Gasteiger partial charge in [-0.15, -0.1) is 0 Å². The van der Waals surface area contributed by atoms with Crippen LogP contribution in [0, 0.1) is 18.3 Å². The lowest BCUT2D eigenvalue weighted by Gasteiger charge is -2.17. The fourth-order valence-electron chi connectivity index (χ4n) is 3.38. The molecule has 0 aliphatic carbocycles. The summed E-state index contributed by atoms with van der Waals surface area (Å²) >= 11 is 0. The minimum Gasteiger partial charge on any atom is -0.494 e. The summed E-state index contributed by atoms with van der Waals surface area (Å²) in [6.07, 6.45) is 1.79. The van der Waals surface area contributed by atoms with Crippen molar-refractivity contribution in [3.05, 3.63) is 92.8 Å². The van der Waals surface area contributed by atoms with E-state index in [1.807, 2.05) is 31.2 Å². The third kappa shape index (κ3) is 4.51. The number of unbranched alkanes of at least 4 members (excludes halogenated alkanes) is 1. The van der Waals surface area contributed by atoms with Crippen LogP contribution in [-0.4, -0.2) is 22.1 Å². The van der Waals surface area contributed by atoms with E-state index in [1.54, 1.807) is 36.4 Å². The minimum atomic E-state index is -0.634. The van der Waals surface area contributed by atoms with E-state index in [-0.39, 0.29) is 28.8 Å². The quantitative estimate of drug-likeness (QED) is 0.439. The Bertz CT molecular complexity index is 1190. The molecule has 6 nitrogen and oxygen atoms in total. The number of benzene rings is 2. The topological polar surface area (TPSA) is 92.3 Å². The van der Waals surface area contributed by atoms with Crippen LogP contribution in [-0.2, 0) is 6.54 Å².